The molecule has 3 heterocycles. The van der Waals surface area contributed by atoms with E-state index in [2.05, 4.69) is 24.1 Å². The number of amides is 1. The molecule has 25 heavy (non-hydrogen) atoms. The van der Waals surface area contributed by atoms with Gasteiger partial charge in [0.1, 0.15) is 5.76 Å². The largest absolute Gasteiger partial charge is 0.455 e. The van der Waals surface area contributed by atoms with Crippen LogP contribution in [-0.2, 0) is 12.8 Å². The number of likely N-dealkylation sites (tertiary alicyclic amines) is 1. The third-order valence-electron chi connectivity index (χ3n) is 4.27. The Bertz CT molecular complexity index is 710. The number of nitrogens with zero attached hydrogens (tertiary/aromatic N) is 3. The number of aryl methyl sites for hydroxylation is 1. The summed E-state index contributed by atoms with van der Waals surface area (Å²) in [5, 5.41) is 4.46. The Morgan fingerprint density at radius 2 is 2.32 bits per heavy atom. The standard InChI is InChI=1S/C18H26N4O2S/c1-13(2)20-14-5-4-9-22(11-14)17(23)16-7-6-15(24-16)12-25-18-19-8-10-21(18)3/h6-8,10,13-14,20H,4-5,9,11-12H2,1-3H3/t14-/m1/s1. The van der Waals surface area contributed by atoms with Gasteiger partial charge < -0.3 is 19.2 Å². The van der Waals surface area contributed by atoms with E-state index in [0.29, 0.717) is 23.6 Å². The van der Waals surface area contributed by atoms with E-state index in [1.807, 2.05) is 28.8 Å². The Hall–Kier alpha value is -1.73. The van der Waals surface area contributed by atoms with Crippen LogP contribution in [0.2, 0.25) is 0 Å². The lowest BCUT2D eigenvalue weighted by Crippen LogP contribution is -2.49. The fraction of sp³-hybridized carbons (Fsp3) is 0.556. The molecule has 1 fully saturated rings. The van der Waals surface area contributed by atoms with E-state index < -0.39 is 0 Å². The molecule has 1 atom stereocenters. The van der Waals surface area contributed by atoms with E-state index in [1.165, 1.54) is 0 Å². The number of hydrogen-bond acceptors (Lipinski definition) is 5. The van der Waals surface area contributed by atoms with Crippen molar-refractivity contribution in [3.63, 3.8) is 0 Å². The second-order valence-corrected chi connectivity index (χ2v) is 7.73. The van der Waals surface area contributed by atoms with Crippen LogP contribution in [0.3, 0.4) is 0 Å². The van der Waals surface area contributed by atoms with Gasteiger partial charge in [-0.25, -0.2) is 4.98 Å². The van der Waals surface area contributed by atoms with Gasteiger partial charge in [-0.1, -0.05) is 25.6 Å². The molecule has 1 amide bonds. The number of thioether (sulfide) groups is 1. The normalized spacial score (nSPS) is 18.1. The Kier molecular flexibility index (Phi) is 5.86. The molecule has 0 radical (unpaired) electrons. The lowest BCUT2D eigenvalue weighted by atomic mass is 10.0. The molecule has 0 spiro atoms. The number of carbonyl (C=O) groups is 1. The van der Waals surface area contributed by atoms with E-state index in [9.17, 15) is 4.79 Å². The second-order valence-electron chi connectivity index (χ2n) is 6.79. The highest BCUT2D eigenvalue weighted by Crippen LogP contribution is 2.23. The minimum absolute atomic E-state index is 0.0107. The number of piperidine rings is 1. The lowest BCUT2D eigenvalue weighted by Gasteiger charge is -2.33. The van der Waals surface area contributed by atoms with Crippen LogP contribution in [0.15, 0.2) is 34.1 Å². The zero-order valence-electron chi connectivity index (χ0n) is 15.1. The predicted octanol–water partition coefficient (Wildman–Crippen LogP) is 2.91. The molecular formula is C18H26N4O2S. The summed E-state index contributed by atoms with van der Waals surface area (Å²) in [4.78, 5) is 18.9. The van der Waals surface area contributed by atoms with Gasteiger partial charge in [-0.3, -0.25) is 4.79 Å². The summed E-state index contributed by atoms with van der Waals surface area (Å²) in [6.45, 7) is 5.82. The Labute approximate surface area is 153 Å². The SMILES string of the molecule is CC(C)N[C@@H]1CCCN(C(=O)c2ccc(CSc3nccn3C)o2)C1. The lowest BCUT2D eigenvalue weighted by molar-refractivity contribution is 0.0657. The molecule has 1 N–H and O–H groups in total. The van der Waals surface area contributed by atoms with Crippen molar-refractivity contribution in [3.05, 3.63) is 36.0 Å². The molecule has 7 heteroatoms. The van der Waals surface area contributed by atoms with Crippen LogP contribution >= 0.6 is 11.8 Å². The highest BCUT2D eigenvalue weighted by atomic mass is 32.2. The van der Waals surface area contributed by atoms with Crippen molar-refractivity contribution in [1.82, 2.24) is 19.8 Å². The third kappa shape index (κ3) is 4.67. The highest BCUT2D eigenvalue weighted by Gasteiger charge is 2.26. The first-order valence-corrected chi connectivity index (χ1v) is 9.75. The zero-order valence-corrected chi connectivity index (χ0v) is 15.9. The van der Waals surface area contributed by atoms with Crippen LogP contribution in [-0.4, -0.2) is 45.5 Å². The van der Waals surface area contributed by atoms with Gasteiger partial charge in [-0.05, 0) is 25.0 Å². The minimum Gasteiger partial charge on any atom is -0.455 e. The zero-order chi connectivity index (χ0) is 17.8. The summed E-state index contributed by atoms with van der Waals surface area (Å²) in [6.07, 6.45) is 5.83. The number of aromatic nitrogens is 2. The van der Waals surface area contributed by atoms with Crippen molar-refractivity contribution in [2.24, 2.45) is 7.05 Å². The Morgan fingerprint density at radius 1 is 1.48 bits per heavy atom. The molecule has 0 unspecified atom stereocenters. The summed E-state index contributed by atoms with van der Waals surface area (Å²) in [5.74, 6) is 1.88. The van der Waals surface area contributed by atoms with E-state index in [4.69, 9.17) is 4.42 Å². The first-order valence-electron chi connectivity index (χ1n) is 8.77. The van der Waals surface area contributed by atoms with Crippen molar-refractivity contribution >= 4 is 17.7 Å². The van der Waals surface area contributed by atoms with Crippen molar-refractivity contribution in [2.75, 3.05) is 13.1 Å². The predicted molar refractivity (Wildman–Crippen MR) is 98.7 cm³/mol. The van der Waals surface area contributed by atoms with Crippen molar-refractivity contribution in [1.29, 1.82) is 0 Å². The van der Waals surface area contributed by atoms with Gasteiger partial charge in [0.2, 0.25) is 0 Å². The van der Waals surface area contributed by atoms with Crippen LogP contribution in [0.25, 0.3) is 0 Å². The Balaban J connectivity index is 1.57. The van der Waals surface area contributed by atoms with E-state index in [-0.39, 0.29) is 5.91 Å². The minimum atomic E-state index is -0.0107. The van der Waals surface area contributed by atoms with Gasteiger partial charge in [0.05, 0.1) is 5.75 Å². The van der Waals surface area contributed by atoms with Crippen LogP contribution in [0.5, 0.6) is 0 Å². The number of furan rings is 1. The molecular weight excluding hydrogens is 336 g/mol. The van der Waals surface area contributed by atoms with Gasteiger partial charge >= 0.3 is 0 Å². The van der Waals surface area contributed by atoms with Gasteiger partial charge in [0.25, 0.3) is 5.91 Å². The number of hydrogen-bond donors (Lipinski definition) is 1. The quantitative estimate of drug-likeness (QED) is 0.801. The van der Waals surface area contributed by atoms with Crippen molar-refractivity contribution in [3.8, 4) is 0 Å². The first kappa shape index (κ1) is 18.1. The summed E-state index contributed by atoms with van der Waals surface area (Å²) in [6, 6.07) is 4.47. The summed E-state index contributed by atoms with van der Waals surface area (Å²) < 4.78 is 7.75. The van der Waals surface area contributed by atoms with E-state index in [0.717, 1.165) is 36.8 Å². The van der Waals surface area contributed by atoms with Gasteiger partial charge in [-0.15, -0.1) is 0 Å². The van der Waals surface area contributed by atoms with E-state index >= 15 is 0 Å². The van der Waals surface area contributed by atoms with Crippen molar-refractivity contribution < 1.29 is 9.21 Å². The molecule has 0 saturated carbocycles. The molecule has 0 bridgehead atoms. The monoisotopic (exact) mass is 362 g/mol. The van der Waals surface area contributed by atoms with Crippen LogP contribution in [0, 0.1) is 0 Å². The number of imidazole rings is 1. The average Bonchev–Trinajstić information content (AvgIpc) is 3.21. The maximum atomic E-state index is 12.7. The summed E-state index contributed by atoms with van der Waals surface area (Å²) >= 11 is 1.60. The molecule has 2 aromatic heterocycles. The fourth-order valence-corrected chi connectivity index (χ4v) is 3.95. The topological polar surface area (TPSA) is 63.3 Å². The molecule has 3 rings (SSSR count). The highest BCUT2D eigenvalue weighted by molar-refractivity contribution is 7.98. The van der Waals surface area contributed by atoms with Crippen LogP contribution < -0.4 is 5.32 Å². The number of nitrogens with one attached hydrogen (secondary N) is 1. The Morgan fingerprint density at radius 3 is 3.04 bits per heavy atom. The molecule has 1 saturated heterocycles. The van der Waals surface area contributed by atoms with Crippen LogP contribution in [0.1, 0.15) is 43.0 Å². The molecule has 1 aliphatic rings. The number of carbonyl (C=O) groups excluding carboxylic acids is 1. The number of rotatable bonds is 6. The molecule has 0 aliphatic carbocycles. The first-order chi connectivity index (χ1) is 12.0. The molecule has 6 nitrogen and oxygen atoms in total. The molecule has 0 aromatic carbocycles. The van der Waals surface area contributed by atoms with Gasteiger partial charge in [0, 0.05) is 44.6 Å². The molecule has 2 aromatic rings. The third-order valence-corrected chi connectivity index (χ3v) is 5.35. The summed E-state index contributed by atoms with van der Waals surface area (Å²) in [7, 11) is 1.96. The van der Waals surface area contributed by atoms with E-state index in [1.54, 1.807) is 24.0 Å². The average molecular weight is 362 g/mol. The van der Waals surface area contributed by atoms with Crippen molar-refractivity contribution in [2.45, 2.75) is 49.7 Å². The fourth-order valence-electron chi connectivity index (χ4n) is 3.12. The smallest absolute Gasteiger partial charge is 0.289 e. The van der Waals surface area contributed by atoms with Gasteiger partial charge in [0.15, 0.2) is 10.9 Å². The van der Waals surface area contributed by atoms with Gasteiger partial charge in [-0.2, -0.15) is 0 Å². The molecule has 136 valence electrons. The maximum Gasteiger partial charge on any atom is 0.289 e. The maximum absolute atomic E-state index is 12.7. The molecule has 1 aliphatic heterocycles. The summed E-state index contributed by atoms with van der Waals surface area (Å²) in [5.41, 5.74) is 0. The second kappa shape index (κ2) is 8.10. The van der Waals surface area contributed by atoms with Crippen LogP contribution in [0.4, 0.5) is 0 Å².